The predicted molar refractivity (Wildman–Crippen MR) is 120 cm³/mol. The molecule has 1 fully saturated rings. The molecule has 9 heteroatoms. The lowest BCUT2D eigenvalue weighted by Crippen LogP contribution is -2.62. The molecule has 1 N–H and O–H groups in total. The highest BCUT2D eigenvalue weighted by molar-refractivity contribution is 6.33. The molecule has 1 aliphatic rings. The molecule has 1 amide bonds. The second-order valence-corrected chi connectivity index (χ2v) is 7.94. The molecule has 0 aliphatic carbocycles. The number of hydrazine groups is 1. The number of halogens is 1. The first kappa shape index (κ1) is 20.2. The van der Waals surface area contributed by atoms with Crippen LogP contribution in [0.15, 0.2) is 72.8 Å². The van der Waals surface area contributed by atoms with E-state index in [4.69, 9.17) is 11.6 Å². The zero-order valence-corrected chi connectivity index (χ0v) is 17.4. The molecule has 0 spiro atoms. The normalized spacial score (nSPS) is 18.2. The number of rotatable bonds is 5. The predicted octanol–water partition coefficient (Wildman–Crippen LogP) is 4.04. The number of para-hydroxylation sites is 3. The van der Waals surface area contributed by atoms with E-state index in [1.165, 1.54) is 11.1 Å². The fraction of sp³-hybridized carbons (Fsp3) is 0.130. The molecule has 160 valence electrons. The van der Waals surface area contributed by atoms with E-state index in [2.05, 4.69) is 5.43 Å². The number of hydrogen-bond donors (Lipinski definition) is 1. The van der Waals surface area contributed by atoms with E-state index in [0.29, 0.717) is 5.56 Å². The van der Waals surface area contributed by atoms with E-state index in [1.807, 2.05) is 48.5 Å². The Bertz CT molecular complexity index is 1350. The summed E-state index contributed by atoms with van der Waals surface area (Å²) in [7, 11) is 0. The minimum absolute atomic E-state index is 0.129. The molecule has 0 bridgehead atoms. The quantitative estimate of drug-likeness (QED) is 0.215. The maximum Gasteiger partial charge on any atom is 0.274 e. The number of β-lactam (4-membered cyclic amide) rings is 1. The summed E-state index contributed by atoms with van der Waals surface area (Å²) in [6, 6.07) is 20.6. The molecular weight excluding hydrogens is 432 g/mol. The highest BCUT2D eigenvalue weighted by atomic mass is 35.5. The third-order valence-electron chi connectivity index (χ3n) is 5.71. The van der Waals surface area contributed by atoms with E-state index >= 15 is 0 Å². The molecule has 2 heterocycles. The molecule has 5 rings (SSSR count). The van der Waals surface area contributed by atoms with Gasteiger partial charge in [0.2, 0.25) is 5.91 Å². The van der Waals surface area contributed by atoms with Crippen molar-refractivity contribution in [2.45, 2.75) is 11.4 Å². The molecule has 1 aliphatic heterocycles. The Balaban J connectivity index is 1.44. The zero-order valence-electron chi connectivity index (χ0n) is 16.6. The Kier molecular flexibility index (Phi) is 4.88. The van der Waals surface area contributed by atoms with Gasteiger partial charge >= 0.3 is 0 Å². The van der Waals surface area contributed by atoms with Crippen molar-refractivity contribution in [3.05, 3.63) is 88.5 Å². The average molecular weight is 449 g/mol. The number of alkyl halides is 1. The lowest BCUT2D eigenvalue weighted by molar-refractivity contribution is -0.386. The maximum atomic E-state index is 13.2. The summed E-state index contributed by atoms with van der Waals surface area (Å²) in [5.41, 5.74) is 4.55. The number of nitrogens with zero attached hydrogens (tertiary/aromatic N) is 3. The summed E-state index contributed by atoms with van der Waals surface area (Å²) in [5, 5.41) is 13.6. The molecule has 3 aromatic carbocycles. The summed E-state index contributed by atoms with van der Waals surface area (Å²) < 4.78 is 1.61. The van der Waals surface area contributed by atoms with Crippen molar-refractivity contribution >= 4 is 50.9 Å². The largest absolute Gasteiger partial charge is 0.279 e. The Morgan fingerprint density at radius 1 is 0.969 bits per heavy atom. The van der Waals surface area contributed by atoms with Crippen molar-refractivity contribution in [1.82, 2.24) is 15.0 Å². The van der Waals surface area contributed by atoms with Gasteiger partial charge in [-0.25, -0.2) is 5.43 Å². The first-order chi connectivity index (χ1) is 15.5. The van der Waals surface area contributed by atoms with Gasteiger partial charge in [-0.15, -0.1) is 11.6 Å². The second kappa shape index (κ2) is 7.74. The molecule has 32 heavy (non-hydrogen) atoms. The van der Waals surface area contributed by atoms with Gasteiger partial charge in [-0.2, -0.15) is 0 Å². The van der Waals surface area contributed by atoms with Crippen LogP contribution >= 0.6 is 11.6 Å². The van der Waals surface area contributed by atoms with Crippen LogP contribution in [0.25, 0.3) is 21.8 Å². The van der Waals surface area contributed by atoms with Crippen molar-refractivity contribution in [3.8, 4) is 0 Å². The van der Waals surface area contributed by atoms with E-state index in [-0.39, 0.29) is 18.1 Å². The number of carbonyl (C=O) groups is 2. The van der Waals surface area contributed by atoms with Gasteiger partial charge in [0, 0.05) is 16.8 Å². The fourth-order valence-electron chi connectivity index (χ4n) is 4.25. The number of nitro benzene ring substituents is 1. The Morgan fingerprint density at radius 2 is 1.53 bits per heavy atom. The molecule has 4 aromatic rings. The summed E-state index contributed by atoms with van der Waals surface area (Å²) in [6.07, 6.45) is 0. The molecule has 0 radical (unpaired) electrons. The summed E-state index contributed by atoms with van der Waals surface area (Å²) in [6.45, 7) is -0.185. The van der Waals surface area contributed by atoms with Crippen molar-refractivity contribution in [2.75, 3.05) is 6.54 Å². The number of hydrogen-bond acceptors (Lipinski definition) is 5. The maximum absolute atomic E-state index is 13.2. The fourth-order valence-corrected chi connectivity index (χ4v) is 4.61. The first-order valence-corrected chi connectivity index (χ1v) is 10.4. The number of benzene rings is 3. The lowest BCUT2D eigenvalue weighted by Gasteiger charge is -2.43. The molecule has 8 nitrogen and oxygen atoms in total. The van der Waals surface area contributed by atoms with Crippen molar-refractivity contribution in [2.24, 2.45) is 0 Å². The van der Waals surface area contributed by atoms with Crippen molar-refractivity contribution < 1.29 is 14.5 Å². The molecule has 2 unspecified atom stereocenters. The van der Waals surface area contributed by atoms with Gasteiger partial charge in [0.1, 0.15) is 11.4 Å². The highest BCUT2D eigenvalue weighted by Gasteiger charge is 2.49. The average Bonchev–Trinajstić information content (AvgIpc) is 3.15. The molecular formula is C23H17ClN4O4. The minimum atomic E-state index is -0.952. The van der Waals surface area contributed by atoms with Crippen LogP contribution in [0.1, 0.15) is 16.4 Å². The Morgan fingerprint density at radius 3 is 2.16 bits per heavy atom. The van der Waals surface area contributed by atoms with Gasteiger partial charge in [0.15, 0.2) is 0 Å². The second-order valence-electron chi connectivity index (χ2n) is 7.47. The third kappa shape index (κ3) is 3.04. The summed E-state index contributed by atoms with van der Waals surface area (Å²) >= 11 is 6.20. The summed E-state index contributed by atoms with van der Waals surface area (Å²) in [4.78, 5) is 36.5. The van der Waals surface area contributed by atoms with Crippen LogP contribution in [0.2, 0.25) is 0 Å². The van der Waals surface area contributed by atoms with Gasteiger partial charge in [-0.3, -0.25) is 29.3 Å². The zero-order chi connectivity index (χ0) is 22.4. The lowest BCUT2D eigenvalue weighted by atomic mass is 9.94. The number of nitrogens with one attached hydrogen (secondary N) is 1. The molecule has 2 atom stereocenters. The number of nitro groups is 1. The van der Waals surface area contributed by atoms with E-state index in [9.17, 15) is 19.7 Å². The standard InChI is InChI=1S/C23H17ClN4O4/c24-21-22(16-9-3-6-12-19(16)28(31)32)27(23(21)30)25-13-20(29)26-17-10-4-1-7-14(17)15-8-2-5-11-18(15)26/h1-12,21-22,25H,13H2. The SMILES string of the molecule is O=C1C(Cl)C(c2ccccc2[N+](=O)[O-])N1NCC(=O)n1c2ccccc2c2ccccc21. The first-order valence-electron chi connectivity index (χ1n) is 9.94. The topological polar surface area (TPSA) is 97.5 Å². The van der Waals surface area contributed by atoms with Gasteiger partial charge in [0.05, 0.1) is 28.1 Å². The number of carbonyl (C=O) groups excluding carboxylic acids is 2. The Hall–Kier alpha value is -3.75. The monoisotopic (exact) mass is 448 g/mol. The van der Waals surface area contributed by atoms with Crippen molar-refractivity contribution in [3.63, 3.8) is 0 Å². The van der Waals surface area contributed by atoms with Gasteiger partial charge in [-0.05, 0) is 18.2 Å². The van der Waals surface area contributed by atoms with Crippen LogP contribution in [0.5, 0.6) is 0 Å². The Labute approximate surface area is 187 Å². The van der Waals surface area contributed by atoms with Crippen LogP contribution in [0.4, 0.5) is 5.69 Å². The van der Waals surface area contributed by atoms with Gasteiger partial charge < -0.3 is 0 Å². The van der Waals surface area contributed by atoms with Crippen LogP contribution in [-0.2, 0) is 4.79 Å². The molecule has 0 saturated carbocycles. The van der Waals surface area contributed by atoms with E-state index < -0.39 is 22.2 Å². The number of fused-ring (bicyclic) bond motifs is 3. The smallest absolute Gasteiger partial charge is 0.274 e. The highest BCUT2D eigenvalue weighted by Crippen LogP contribution is 2.40. The molecule has 1 saturated heterocycles. The number of amides is 1. The van der Waals surface area contributed by atoms with E-state index in [1.54, 1.807) is 22.8 Å². The van der Waals surface area contributed by atoms with Crippen LogP contribution < -0.4 is 5.43 Å². The minimum Gasteiger partial charge on any atom is -0.279 e. The van der Waals surface area contributed by atoms with Crippen LogP contribution in [-0.4, -0.2) is 38.2 Å². The molecule has 1 aromatic heterocycles. The van der Waals surface area contributed by atoms with E-state index in [0.717, 1.165) is 21.8 Å². The third-order valence-corrected chi connectivity index (χ3v) is 6.14. The van der Waals surface area contributed by atoms with Crippen LogP contribution in [0.3, 0.4) is 0 Å². The summed E-state index contributed by atoms with van der Waals surface area (Å²) in [5.74, 6) is -0.709. The van der Waals surface area contributed by atoms with Gasteiger partial charge in [0.25, 0.3) is 11.6 Å². The van der Waals surface area contributed by atoms with Crippen LogP contribution in [0, 0.1) is 10.1 Å². The van der Waals surface area contributed by atoms with Crippen molar-refractivity contribution in [1.29, 1.82) is 0 Å². The van der Waals surface area contributed by atoms with Gasteiger partial charge in [-0.1, -0.05) is 48.5 Å². The number of aromatic nitrogens is 1.